The number of benzene rings is 2. The molecule has 2 fully saturated rings. The fraction of sp³-hybridized carbons (Fsp3) is 0.348. The maximum Gasteiger partial charge on any atom is 0.0958 e. The monoisotopic (exact) mass is 375 g/mol. The Morgan fingerprint density at radius 2 is 1.61 bits per heavy atom. The number of nitrogens with zero attached hydrogens (tertiary/aromatic N) is 3. The molecule has 2 aliphatic rings. The molecule has 2 aromatic carbocycles. The first-order valence-electron chi connectivity index (χ1n) is 9.92. The second-order valence-electron chi connectivity index (χ2n) is 7.95. The van der Waals surface area contributed by atoms with Crippen molar-refractivity contribution in [3.05, 3.63) is 84.2 Å². The average molecular weight is 375 g/mol. The van der Waals surface area contributed by atoms with E-state index in [0.717, 1.165) is 17.8 Å². The van der Waals surface area contributed by atoms with Gasteiger partial charge < -0.3 is 9.84 Å². The van der Waals surface area contributed by atoms with E-state index in [1.165, 1.54) is 5.56 Å². The van der Waals surface area contributed by atoms with Crippen LogP contribution >= 0.6 is 0 Å². The van der Waals surface area contributed by atoms with Crippen LogP contribution in [0.5, 0.6) is 0 Å². The van der Waals surface area contributed by atoms with Crippen molar-refractivity contribution in [3.63, 3.8) is 0 Å². The second kappa shape index (κ2) is 7.17. The Labute approximate surface area is 165 Å². The van der Waals surface area contributed by atoms with Crippen LogP contribution in [-0.4, -0.2) is 45.1 Å². The molecule has 144 valence electrons. The number of morpholine rings is 1. The van der Waals surface area contributed by atoms with Gasteiger partial charge in [0.25, 0.3) is 0 Å². The van der Waals surface area contributed by atoms with Crippen molar-refractivity contribution in [2.45, 2.75) is 37.1 Å². The Hall–Kier alpha value is -2.47. The Morgan fingerprint density at radius 3 is 2.29 bits per heavy atom. The molecule has 5 rings (SSSR count). The van der Waals surface area contributed by atoms with Crippen LogP contribution < -0.4 is 0 Å². The number of aliphatic hydroxyl groups is 1. The van der Waals surface area contributed by atoms with Crippen molar-refractivity contribution in [2.75, 3.05) is 13.2 Å². The normalized spacial score (nSPS) is 27.6. The molecule has 1 N–H and O–H groups in total. The highest BCUT2D eigenvalue weighted by molar-refractivity contribution is 5.32. The molecular formula is C23H25N3O2. The van der Waals surface area contributed by atoms with Gasteiger partial charge in [0.15, 0.2) is 0 Å². The minimum atomic E-state index is -0.862. The quantitative estimate of drug-likeness (QED) is 0.761. The zero-order chi connectivity index (χ0) is 19.0. The molecular weight excluding hydrogens is 350 g/mol. The van der Waals surface area contributed by atoms with Gasteiger partial charge in [-0.3, -0.25) is 4.90 Å². The number of aromatic nitrogens is 2. The van der Waals surface area contributed by atoms with E-state index >= 15 is 0 Å². The fourth-order valence-electron chi connectivity index (χ4n) is 4.62. The van der Waals surface area contributed by atoms with Gasteiger partial charge >= 0.3 is 0 Å². The van der Waals surface area contributed by atoms with E-state index in [4.69, 9.17) is 4.74 Å². The first kappa shape index (κ1) is 17.6. The summed E-state index contributed by atoms with van der Waals surface area (Å²) in [6.45, 7) is 2.23. The van der Waals surface area contributed by atoms with Crippen molar-refractivity contribution in [2.24, 2.45) is 0 Å². The molecule has 2 aliphatic heterocycles. The van der Waals surface area contributed by atoms with E-state index in [9.17, 15) is 5.11 Å². The lowest BCUT2D eigenvalue weighted by atomic mass is 9.77. The molecule has 2 bridgehead atoms. The Balaban J connectivity index is 1.38. The van der Waals surface area contributed by atoms with E-state index in [-0.39, 0.29) is 12.1 Å². The third kappa shape index (κ3) is 3.26. The summed E-state index contributed by atoms with van der Waals surface area (Å²) in [4.78, 5) is 2.51. The van der Waals surface area contributed by atoms with Gasteiger partial charge in [0.2, 0.25) is 0 Å². The van der Waals surface area contributed by atoms with E-state index in [2.05, 4.69) is 34.3 Å². The predicted octanol–water partition coefficient (Wildman–Crippen LogP) is 3.12. The molecule has 3 heterocycles. The van der Waals surface area contributed by atoms with Gasteiger partial charge in [-0.05, 0) is 30.5 Å². The second-order valence-corrected chi connectivity index (χ2v) is 7.95. The molecule has 5 nitrogen and oxygen atoms in total. The van der Waals surface area contributed by atoms with Crippen LogP contribution in [-0.2, 0) is 16.9 Å². The molecule has 0 aliphatic carbocycles. The Bertz CT molecular complexity index is 911. The minimum Gasteiger partial charge on any atom is -0.385 e. The molecule has 0 radical (unpaired) electrons. The Kier molecular flexibility index (Phi) is 4.51. The molecule has 1 aromatic heterocycles. The summed E-state index contributed by atoms with van der Waals surface area (Å²) >= 11 is 0. The highest BCUT2D eigenvalue weighted by Crippen LogP contribution is 2.41. The number of hydrogen-bond donors (Lipinski definition) is 1. The van der Waals surface area contributed by atoms with Crippen molar-refractivity contribution in [1.29, 1.82) is 0 Å². The third-order valence-electron chi connectivity index (χ3n) is 6.05. The summed E-state index contributed by atoms with van der Waals surface area (Å²) in [6, 6.07) is 21.0. The topological polar surface area (TPSA) is 50.5 Å². The van der Waals surface area contributed by atoms with Gasteiger partial charge in [0.05, 0.1) is 30.7 Å². The molecule has 2 saturated heterocycles. The third-order valence-corrected chi connectivity index (χ3v) is 6.05. The number of rotatable bonds is 4. The van der Waals surface area contributed by atoms with Crippen LogP contribution in [0.2, 0.25) is 0 Å². The van der Waals surface area contributed by atoms with Crippen LogP contribution in [0.1, 0.15) is 24.0 Å². The van der Waals surface area contributed by atoms with E-state index < -0.39 is 5.60 Å². The maximum atomic E-state index is 11.6. The van der Waals surface area contributed by atoms with Gasteiger partial charge in [-0.25, -0.2) is 4.68 Å². The number of fused-ring (bicyclic) bond motifs is 2. The molecule has 0 saturated carbocycles. The molecule has 5 heteroatoms. The van der Waals surface area contributed by atoms with Crippen LogP contribution in [0.15, 0.2) is 73.1 Å². The fourth-order valence-corrected chi connectivity index (χ4v) is 4.62. The highest BCUT2D eigenvalue weighted by Gasteiger charge is 2.47. The molecule has 2 atom stereocenters. The highest BCUT2D eigenvalue weighted by atomic mass is 16.5. The summed E-state index contributed by atoms with van der Waals surface area (Å²) in [5.74, 6) is 0. The van der Waals surface area contributed by atoms with Crippen LogP contribution in [0, 0.1) is 0 Å². The first-order valence-corrected chi connectivity index (χ1v) is 9.92. The molecule has 28 heavy (non-hydrogen) atoms. The first-order chi connectivity index (χ1) is 13.7. The maximum absolute atomic E-state index is 11.6. The number of ether oxygens (including phenoxy) is 1. The van der Waals surface area contributed by atoms with Crippen molar-refractivity contribution >= 4 is 0 Å². The largest absolute Gasteiger partial charge is 0.385 e. The Morgan fingerprint density at radius 1 is 0.964 bits per heavy atom. The van der Waals surface area contributed by atoms with E-state index in [0.29, 0.717) is 26.1 Å². The van der Waals surface area contributed by atoms with Gasteiger partial charge in [-0.15, -0.1) is 0 Å². The SMILES string of the molecule is OC1(c2cnn(-c3ccccc3)c2)CC2COCC(C1)N2Cc1ccccc1. The van der Waals surface area contributed by atoms with Gasteiger partial charge in [-0.2, -0.15) is 5.10 Å². The smallest absolute Gasteiger partial charge is 0.0958 e. The summed E-state index contributed by atoms with van der Waals surface area (Å²) in [6.07, 6.45) is 5.11. The molecule has 3 aromatic rings. The predicted molar refractivity (Wildman–Crippen MR) is 107 cm³/mol. The summed E-state index contributed by atoms with van der Waals surface area (Å²) in [5, 5.41) is 16.1. The molecule has 0 spiro atoms. The van der Waals surface area contributed by atoms with Crippen molar-refractivity contribution < 1.29 is 9.84 Å². The number of para-hydroxylation sites is 1. The van der Waals surface area contributed by atoms with Crippen molar-refractivity contribution in [1.82, 2.24) is 14.7 Å². The lowest BCUT2D eigenvalue weighted by Crippen LogP contribution is -2.60. The molecule has 0 amide bonds. The lowest BCUT2D eigenvalue weighted by molar-refractivity contribution is -0.149. The van der Waals surface area contributed by atoms with Crippen molar-refractivity contribution in [3.8, 4) is 5.69 Å². The van der Waals surface area contributed by atoms with Crippen LogP contribution in [0.3, 0.4) is 0 Å². The summed E-state index contributed by atoms with van der Waals surface area (Å²) in [7, 11) is 0. The average Bonchev–Trinajstić information content (AvgIpc) is 3.22. The van der Waals surface area contributed by atoms with E-state index in [1.54, 1.807) is 0 Å². The minimum absolute atomic E-state index is 0.206. The summed E-state index contributed by atoms with van der Waals surface area (Å²) < 4.78 is 7.68. The number of hydrogen-bond acceptors (Lipinski definition) is 4. The summed E-state index contributed by atoms with van der Waals surface area (Å²) in [5.41, 5.74) is 2.34. The zero-order valence-corrected chi connectivity index (χ0v) is 15.8. The van der Waals surface area contributed by atoms with Gasteiger partial charge in [0.1, 0.15) is 0 Å². The van der Waals surface area contributed by atoms with Crippen LogP contribution in [0.4, 0.5) is 0 Å². The number of piperidine rings is 1. The van der Waals surface area contributed by atoms with Gasteiger partial charge in [-0.1, -0.05) is 48.5 Å². The van der Waals surface area contributed by atoms with Crippen LogP contribution in [0.25, 0.3) is 5.69 Å². The van der Waals surface area contributed by atoms with Gasteiger partial charge in [0, 0.05) is 30.4 Å². The standard InChI is InChI=1S/C23H25N3O2/c27-23(19-13-24-26(15-19)20-9-5-2-6-10-20)11-21-16-28-17-22(12-23)25(21)14-18-7-3-1-4-8-18/h1-10,13,15,21-22,27H,11-12,14,16-17H2. The lowest BCUT2D eigenvalue weighted by Gasteiger charge is -2.51. The van der Waals surface area contributed by atoms with E-state index in [1.807, 2.05) is 53.5 Å². The zero-order valence-electron chi connectivity index (χ0n) is 15.8. The molecule has 2 unspecified atom stereocenters.